The van der Waals surface area contributed by atoms with Gasteiger partial charge in [0.25, 0.3) is 0 Å². The minimum absolute atomic E-state index is 1.01. The number of fused-ring (bicyclic) bond motifs is 6. The number of aryl methyl sites for hydroxylation is 2. The smallest absolute Gasteiger partial charge is 0.0977 e. The predicted molar refractivity (Wildman–Crippen MR) is 74.1 cm³/mol. The molecule has 84 valence electrons. The van der Waals surface area contributed by atoms with Crippen molar-refractivity contribution in [3.8, 4) is 0 Å². The lowest BCUT2D eigenvalue weighted by molar-refractivity contribution is 1.12. The Hall–Kier alpha value is -1.13. The zero-order valence-corrected chi connectivity index (χ0v) is 11.0. The molecule has 1 aromatic carbocycles. The second-order valence-corrected chi connectivity index (χ2v) is 6.30. The van der Waals surface area contributed by atoms with E-state index in [2.05, 4.69) is 16.4 Å². The van der Waals surface area contributed by atoms with E-state index in [9.17, 15) is 0 Å². The van der Waals surface area contributed by atoms with Gasteiger partial charge in [0.2, 0.25) is 0 Å². The van der Waals surface area contributed by atoms with Gasteiger partial charge in [-0.2, -0.15) is 0 Å². The van der Waals surface area contributed by atoms with Crippen LogP contribution >= 0.6 is 23.1 Å². The third-order valence-corrected chi connectivity index (χ3v) is 5.39. The highest BCUT2D eigenvalue weighted by Crippen LogP contribution is 2.43. The average Bonchev–Trinajstić information content (AvgIpc) is 2.97. The molecule has 4 heteroatoms. The summed E-state index contributed by atoms with van der Waals surface area (Å²) in [6, 6.07) is 2.17. The molecule has 1 aliphatic heterocycles. The summed E-state index contributed by atoms with van der Waals surface area (Å²) >= 11 is 3.79. The third-order valence-electron chi connectivity index (χ3n) is 3.18. The summed E-state index contributed by atoms with van der Waals surface area (Å²) in [5.74, 6) is 1.18. The number of benzene rings is 1. The second kappa shape index (κ2) is 3.43. The topological polar surface area (TPSA) is 25.8 Å². The Morgan fingerprint density at radius 2 is 2.24 bits per heavy atom. The maximum Gasteiger partial charge on any atom is 0.0977 e. The maximum atomic E-state index is 4.71. The monoisotopic (exact) mass is 258 g/mol. The van der Waals surface area contributed by atoms with Gasteiger partial charge in [-0.25, -0.2) is 4.98 Å². The minimum Gasteiger partial charge on any atom is -0.252 e. The Kier molecular flexibility index (Phi) is 1.99. The van der Waals surface area contributed by atoms with Crippen LogP contribution < -0.4 is 0 Å². The first-order valence-electron chi connectivity index (χ1n) is 5.63. The minimum atomic E-state index is 1.01. The Bertz CT molecular complexity index is 746. The Labute approximate surface area is 107 Å². The lowest BCUT2D eigenvalue weighted by Crippen LogP contribution is -1.93. The molecule has 3 heterocycles. The van der Waals surface area contributed by atoms with Crippen molar-refractivity contribution in [1.29, 1.82) is 0 Å². The van der Waals surface area contributed by atoms with Gasteiger partial charge in [-0.05, 0) is 30.4 Å². The van der Waals surface area contributed by atoms with Crippen LogP contribution in [0.15, 0.2) is 22.5 Å². The molecule has 0 aliphatic carbocycles. The van der Waals surface area contributed by atoms with E-state index in [1.54, 1.807) is 0 Å². The molecule has 0 saturated carbocycles. The molecule has 0 fully saturated rings. The highest BCUT2D eigenvalue weighted by molar-refractivity contribution is 8.00. The van der Waals surface area contributed by atoms with E-state index >= 15 is 0 Å². The van der Waals surface area contributed by atoms with Crippen LogP contribution in [0.4, 0.5) is 0 Å². The average molecular weight is 258 g/mol. The van der Waals surface area contributed by atoms with E-state index in [4.69, 9.17) is 4.98 Å². The van der Waals surface area contributed by atoms with Crippen molar-refractivity contribution in [1.82, 2.24) is 9.97 Å². The number of hydrogen-bond donors (Lipinski definition) is 0. The third kappa shape index (κ3) is 1.28. The second-order valence-electron chi connectivity index (χ2n) is 4.28. The van der Waals surface area contributed by atoms with Gasteiger partial charge in [-0.15, -0.1) is 23.1 Å². The van der Waals surface area contributed by atoms with E-state index in [-0.39, 0.29) is 0 Å². The van der Waals surface area contributed by atoms with Crippen molar-refractivity contribution in [2.75, 3.05) is 5.75 Å². The number of nitrogens with zero attached hydrogens (tertiary/aromatic N) is 2. The van der Waals surface area contributed by atoms with Crippen LogP contribution in [0.1, 0.15) is 11.3 Å². The molecule has 0 atom stereocenters. The summed E-state index contributed by atoms with van der Waals surface area (Å²) in [4.78, 5) is 10.7. The lowest BCUT2D eigenvalue weighted by Gasteiger charge is -2.06. The van der Waals surface area contributed by atoms with Gasteiger partial charge < -0.3 is 0 Å². The van der Waals surface area contributed by atoms with Crippen molar-refractivity contribution in [2.24, 2.45) is 0 Å². The normalized spacial score (nSPS) is 14.6. The summed E-state index contributed by atoms with van der Waals surface area (Å²) in [6.07, 6.45) is 3.00. The molecule has 0 saturated heterocycles. The van der Waals surface area contributed by atoms with Crippen LogP contribution in [-0.4, -0.2) is 15.7 Å². The number of rotatable bonds is 0. The fourth-order valence-electron chi connectivity index (χ4n) is 2.44. The number of aromatic nitrogens is 2. The van der Waals surface area contributed by atoms with E-state index in [1.807, 2.05) is 36.2 Å². The molecule has 0 bridgehead atoms. The number of hydrogen-bond acceptors (Lipinski definition) is 4. The molecule has 1 aliphatic rings. The predicted octanol–water partition coefficient (Wildman–Crippen LogP) is 3.80. The summed E-state index contributed by atoms with van der Waals surface area (Å²) < 4.78 is 1.40. The van der Waals surface area contributed by atoms with Crippen molar-refractivity contribution in [3.05, 3.63) is 28.9 Å². The van der Waals surface area contributed by atoms with Gasteiger partial charge in [0, 0.05) is 22.2 Å². The van der Waals surface area contributed by atoms with Crippen molar-refractivity contribution >= 4 is 44.2 Å². The molecule has 2 nitrogen and oxygen atoms in total. The van der Waals surface area contributed by atoms with E-state index < -0.39 is 0 Å². The molecule has 0 amide bonds. The lowest BCUT2D eigenvalue weighted by atomic mass is 10.1. The van der Waals surface area contributed by atoms with Gasteiger partial charge in [-0.1, -0.05) is 0 Å². The molecule has 3 aromatic rings. The van der Waals surface area contributed by atoms with Crippen LogP contribution in [0.3, 0.4) is 0 Å². The Morgan fingerprint density at radius 1 is 1.29 bits per heavy atom. The summed E-state index contributed by atoms with van der Waals surface area (Å²) in [6.45, 7) is 2.01. The molecular weight excluding hydrogens is 248 g/mol. The zero-order chi connectivity index (χ0) is 11.4. The van der Waals surface area contributed by atoms with Crippen molar-refractivity contribution < 1.29 is 0 Å². The molecule has 17 heavy (non-hydrogen) atoms. The quantitative estimate of drug-likeness (QED) is 0.613. The fraction of sp³-hybridized carbons (Fsp3) is 0.231. The first-order chi connectivity index (χ1) is 8.34. The van der Waals surface area contributed by atoms with Gasteiger partial charge in [0.05, 0.1) is 21.4 Å². The van der Waals surface area contributed by atoms with Crippen molar-refractivity contribution in [2.45, 2.75) is 18.2 Å². The maximum absolute atomic E-state index is 4.71. The van der Waals surface area contributed by atoms with Crippen LogP contribution in [0.5, 0.6) is 0 Å². The standard InChI is InChI=1S/C13H10N2S2/c1-7-6-14-10-8-2-4-16-12(8)13-9(3-5-17-13)11(10)15-7/h2,4,6H,3,5H2,1H3. The fourth-order valence-corrected chi connectivity index (χ4v) is 4.75. The van der Waals surface area contributed by atoms with Gasteiger partial charge >= 0.3 is 0 Å². The SMILES string of the molecule is Cc1cnc2c(n1)c1c(c3sccc32)SCC1. The summed E-state index contributed by atoms with van der Waals surface area (Å²) in [5, 5.41) is 3.43. The molecular formula is C13H10N2S2. The summed E-state index contributed by atoms with van der Waals surface area (Å²) in [5.41, 5.74) is 4.62. The van der Waals surface area contributed by atoms with E-state index in [0.29, 0.717) is 0 Å². The molecule has 0 spiro atoms. The number of thiophene rings is 1. The summed E-state index contributed by atoms with van der Waals surface area (Å²) in [7, 11) is 0. The highest BCUT2D eigenvalue weighted by atomic mass is 32.2. The van der Waals surface area contributed by atoms with Gasteiger partial charge in [0.1, 0.15) is 0 Å². The zero-order valence-electron chi connectivity index (χ0n) is 9.36. The van der Waals surface area contributed by atoms with E-state index in [1.165, 1.54) is 26.3 Å². The Balaban J connectivity index is 2.32. The van der Waals surface area contributed by atoms with Gasteiger partial charge in [0.15, 0.2) is 0 Å². The molecule has 2 aromatic heterocycles. The van der Waals surface area contributed by atoms with Crippen LogP contribution in [0.2, 0.25) is 0 Å². The Morgan fingerprint density at radius 3 is 3.18 bits per heavy atom. The first-order valence-corrected chi connectivity index (χ1v) is 7.49. The largest absolute Gasteiger partial charge is 0.252 e. The van der Waals surface area contributed by atoms with Crippen LogP contribution in [-0.2, 0) is 6.42 Å². The molecule has 0 unspecified atom stereocenters. The van der Waals surface area contributed by atoms with Crippen LogP contribution in [0, 0.1) is 6.92 Å². The van der Waals surface area contributed by atoms with E-state index in [0.717, 1.165) is 23.1 Å². The molecule has 0 N–H and O–H groups in total. The molecule has 4 rings (SSSR count). The highest BCUT2D eigenvalue weighted by Gasteiger charge is 2.21. The van der Waals surface area contributed by atoms with Crippen LogP contribution in [0.25, 0.3) is 21.1 Å². The van der Waals surface area contributed by atoms with Crippen molar-refractivity contribution in [3.63, 3.8) is 0 Å². The number of thioether (sulfide) groups is 1. The molecule has 0 radical (unpaired) electrons. The van der Waals surface area contributed by atoms with Gasteiger partial charge in [-0.3, -0.25) is 4.98 Å². The first kappa shape index (κ1) is 9.85.